The van der Waals surface area contributed by atoms with Gasteiger partial charge in [-0.15, -0.1) is 0 Å². The molecule has 0 saturated carbocycles. The van der Waals surface area contributed by atoms with E-state index in [0.717, 1.165) is 17.0 Å². The molecule has 0 atom stereocenters. The van der Waals surface area contributed by atoms with Crippen LogP contribution in [0.15, 0.2) is 30.6 Å². The van der Waals surface area contributed by atoms with E-state index in [1.54, 1.807) is 23.0 Å². The van der Waals surface area contributed by atoms with Gasteiger partial charge in [-0.05, 0) is 12.1 Å². The quantitative estimate of drug-likeness (QED) is 0.605. The molecule has 0 unspecified atom stereocenters. The second-order valence-electron chi connectivity index (χ2n) is 3.16. The summed E-state index contributed by atoms with van der Waals surface area (Å²) in [4.78, 5) is 4.15. The summed E-state index contributed by atoms with van der Waals surface area (Å²) in [5.74, 6) is 0.485. The average molecular weight is 200 g/mol. The lowest BCUT2D eigenvalue weighted by Crippen LogP contribution is -1.94. The van der Waals surface area contributed by atoms with Crippen molar-refractivity contribution in [3.63, 3.8) is 0 Å². The van der Waals surface area contributed by atoms with Gasteiger partial charge in [0.25, 0.3) is 0 Å². The van der Waals surface area contributed by atoms with E-state index in [1.165, 1.54) is 0 Å². The normalized spacial score (nSPS) is 10.9. The molecule has 0 radical (unpaired) electrons. The van der Waals surface area contributed by atoms with Crippen LogP contribution in [0.5, 0.6) is 0 Å². The fraction of sp³-hybridized carbons (Fsp3) is 0. The first kappa shape index (κ1) is 7.98. The summed E-state index contributed by atoms with van der Waals surface area (Å²) in [5, 5.41) is 11.0. The third kappa shape index (κ3) is 1.23. The van der Waals surface area contributed by atoms with E-state index in [2.05, 4.69) is 20.3 Å². The number of fused-ring (bicyclic) bond motifs is 1. The largest absolute Gasteiger partial charge is 0.384 e. The lowest BCUT2D eigenvalue weighted by atomic mass is 10.3. The Bertz CT molecular complexity index is 594. The minimum absolute atomic E-state index is 0.485. The number of nitrogens with one attached hydrogen (secondary N) is 1. The van der Waals surface area contributed by atoms with Gasteiger partial charge in [-0.25, -0.2) is 9.50 Å². The summed E-state index contributed by atoms with van der Waals surface area (Å²) >= 11 is 0. The first-order chi connectivity index (χ1) is 7.33. The Balaban J connectivity index is 2.22. The third-order valence-corrected chi connectivity index (χ3v) is 2.12. The van der Waals surface area contributed by atoms with Gasteiger partial charge >= 0.3 is 0 Å². The van der Waals surface area contributed by atoms with Gasteiger partial charge in [-0.3, -0.25) is 5.10 Å². The van der Waals surface area contributed by atoms with Gasteiger partial charge in [-0.1, -0.05) is 0 Å². The van der Waals surface area contributed by atoms with Crippen molar-refractivity contribution in [2.45, 2.75) is 0 Å². The maximum atomic E-state index is 5.58. The van der Waals surface area contributed by atoms with Gasteiger partial charge in [0.2, 0.25) is 0 Å². The standard InChI is InChI=1S/C9H8N6/c10-8-2-4-15-9(12-8)5-7(14-15)6-1-3-11-13-6/h1-5H,(H2,10,12)(H,11,13). The molecule has 3 heterocycles. The van der Waals surface area contributed by atoms with Crippen LogP contribution < -0.4 is 5.73 Å². The molecular formula is C9H8N6. The predicted octanol–water partition coefficient (Wildman–Crippen LogP) is 0.702. The van der Waals surface area contributed by atoms with E-state index in [4.69, 9.17) is 5.73 Å². The number of nitrogens with zero attached hydrogens (tertiary/aromatic N) is 4. The average Bonchev–Trinajstić information content (AvgIpc) is 2.84. The van der Waals surface area contributed by atoms with Crippen molar-refractivity contribution in [3.05, 3.63) is 30.6 Å². The molecule has 0 amide bonds. The van der Waals surface area contributed by atoms with Gasteiger partial charge in [0, 0.05) is 18.5 Å². The molecule has 0 spiro atoms. The predicted molar refractivity (Wildman–Crippen MR) is 55.0 cm³/mol. The molecule has 0 aromatic carbocycles. The van der Waals surface area contributed by atoms with Crippen LogP contribution in [0.3, 0.4) is 0 Å². The highest BCUT2D eigenvalue weighted by Crippen LogP contribution is 2.15. The maximum Gasteiger partial charge on any atom is 0.158 e. The van der Waals surface area contributed by atoms with Crippen LogP contribution in [0.1, 0.15) is 0 Å². The van der Waals surface area contributed by atoms with Gasteiger partial charge in [0.15, 0.2) is 5.65 Å². The second-order valence-corrected chi connectivity index (χ2v) is 3.16. The van der Waals surface area contributed by atoms with Crippen LogP contribution >= 0.6 is 0 Å². The molecule has 3 N–H and O–H groups in total. The molecule has 74 valence electrons. The summed E-state index contributed by atoms with van der Waals surface area (Å²) in [5.41, 5.74) is 7.96. The number of aromatic nitrogens is 5. The molecule has 3 aromatic rings. The summed E-state index contributed by atoms with van der Waals surface area (Å²) in [6.45, 7) is 0. The smallest absolute Gasteiger partial charge is 0.158 e. The number of hydrogen-bond acceptors (Lipinski definition) is 4. The lowest BCUT2D eigenvalue weighted by molar-refractivity contribution is 0.940. The van der Waals surface area contributed by atoms with Crippen LogP contribution in [0.25, 0.3) is 17.0 Å². The van der Waals surface area contributed by atoms with Gasteiger partial charge in [0.1, 0.15) is 11.5 Å². The van der Waals surface area contributed by atoms with Crippen LogP contribution in [0.4, 0.5) is 5.82 Å². The zero-order valence-electron chi connectivity index (χ0n) is 7.75. The number of aromatic amines is 1. The molecule has 0 fully saturated rings. The minimum atomic E-state index is 0.485. The Morgan fingerprint density at radius 3 is 3.07 bits per heavy atom. The molecule has 0 bridgehead atoms. The van der Waals surface area contributed by atoms with Crippen molar-refractivity contribution in [1.82, 2.24) is 24.8 Å². The number of nitrogens with two attached hydrogens (primary N) is 1. The Hall–Kier alpha value is -2.37. The number of anilines is 1. The van der Waals surface area contributed by atoms with Crippen LogP contribution in [-0.2, 0) is 0 Å². The van der Waals surface area contributed by atoms with Crippen LogP contribution in [0, 0.1) is 0 Å². The highest BCUT2D eigenvalue weighted by molar-refractivity contribution is 5.60. The Morgan fingerprint density at radius 1 is 1.33 bits per heavy atom. The van der Waals surface area contributed by atoms with Crippen LogP contribution in [-0.4, -0.2) is 24.8 Å². The monoisotopic (exact) mass is 200 g/mol. The highest BCUT2D eigenvalue weighted by atomic mass is 15.3. The lowest BCUT2D eigenvalue weighted by Gasteiger charge is -1.91. The molecule has 0 aliphatic heterocycles. The zero-order valence-corrected chi connectivity index (χ0v) is 7.75. The van der Waals surface area contributed by atoms with E-state index in [9.17, 15) is 0 Å². The second kappa shape index (κ2) is 2.81. The van der Waals surface area contributed by atoms with Crippen molar-refractivity contribution in [2.75, 3.05) is 5.73 Å². The molecule has 0 aliphatic rings. The molecular weight excluding hydrogens is 192 g/mol. The van der Waals surface area contributed by atoms with Gasteiger partial charge < -0.3 is 5.73 Å². The van der Waals surface area contributed by atoms with Crippen LogP contribution in [0.2, 0.25) is 0 Å². The van der Waals surface area contributed by atoms with Crippen molar-refractivity contribution in [3.8, 4) is 11.4 Å². The number of H-pyrrole nitrogens is 1. The minimum Gasteiger partial charge on any atom is -0.384 e. The van der Waals surface area contributed by atoms with Crippen molar-refractivity contribution >= 4 is 11.5 Å². The number of hydrogen-bond donors (Lipinski definition) is 2. The van der Waals surface area contributed by atoms with E-state index in [-0.39, 0.29) is 0 Å². The molecule has 0 aliphatic carbocycles. The molecule has 3 rings (SSSR count). The van der Waals surface area contributed by atoms with Crippen molar-refractivity contribution in [2.24, 2.45) is 0 Å². The topological polar surface area (TPSA) is 84.9 Å². The SMILES string of the molecule is Nc1ccn2nc(-c3ccn[nH]3)cc2n1. The van der Waals surface area contributed by atoms with E-state index in [1.807, 2.05) is 12.1 Å². The van der Waals surface area contributed by atoms with E-state index < -0.39 is 0 Å². The highest BCUT2D eigenvalue weighted by Gasteiger charge is 2.05. The molecule has 6 heteroatoms. The fourth-order valence-corrected chi connectivity index (χ4v) is 1.42. The van der Waals surface area contributed by atoms with Gasteiger partial charge in [0.05, 0.1) is 5.69 Å². The maximum absolute atomic E-state index is 5.58. The summed E-state index contributed by atoms with van der Waals surface area (Å²) in [7, 11) is 0. The van der Waals surface area contributed by atoms with E-state index >= 15 is 0 Å². The first-order valence-corrected chi connectivity index (χ1v) is 4.44. The third-order valence-electron chi connectivity index (χ3n) is 2.12. The summed E-state index contributed by atoms with van der Waals surface area (Å²) in [6.07, 6.45) is 3.46. The van der Waals surface area contributed by atoms with Crippen molar-refractivity contribution < 1.29 is 0 Å². The Morgan fingerprint density at radius 2 is 2.27 bits per heavy atom. The van der Waals surface area contributed by atoms with E-state index in [0.29, 0.717) is 5.82 Å². The fourth-order valence-electron chi connectivity index (χ4n) is 1.42. The molecule has 15 heavy (non-hydrogen) atoms. The zero-order chi connectivity index (χ0) is 10.3. The number of nitrogen functional groups attached to an aromatic ring is 1. The summed E-state index contributed by atoms with van der Waals surface area (Å²) < 4.78 is 1.67. The van der Waals surface area contributed by atoms with Crippen molar-refractivity contribution in [1.29, 1.82) is 0 Å². The Kier molecular flexibility index (Phi) is 1.49. The first-order valence-electron chi connectivity index (χ1n) is 4.44. The molecule has 3 aromatic heterocycles. The summed E-state index contributed by atoms with van der Waals surface area (Å²) in [6, 6.07) is 5.41. The molecule has 6 nitrogen and oxygen atoms in total. The molecule has 0 saturated heterocycles. The number of rotatable bonds is 1. The van der Waals surface area contributed by atoms with Gasteiger partial charge in [-0.2, -0.15) is 10.2 Å². The Labute approximate surface area is 84.8 Å².